The van der Waals surface area contributed by atoms with Crippen LogP contribution >= 0.6 is 24.0 Å². The summed E-state index contributed by atoms with van der Waals surface area (Å²) >= 11 is 6.63. The predicted octanol–water partition coefficient (Wildman–Crippen LogP) is 4.02. The van der Waals surface area contributed by atoms with Gasteiger partial charge in [0.15, 0.2) is 22.4 Å². The fourth-order valence-electron chi connectivity index (χ4n) is 2.94. The van der Waals surface area contributed by atoms with Crippen molar-refractivity contribution in [1.82, 2.24) is 0 Å². The number of carboxylic acid groups (broad SMARTS) is 1. The monoisotopic (exact) mass is 458 g/mol. The van der Waals surface area contributed by atoms with Crippen molar-refractivity contribution < 1.29 is 24.2 Å². The van der Waals surface area contributed by atoms with Gasteiger partial charge >= 0.3 is 5.97 Å². The van der Waals surface area contributed by atoms with Crippen LogP contribution < -0.4 is 19.3 Å². The Morgan fingerprint density at radius 1 is 1.19 bits per heavy atom. The summed E-state index contributed by atoms with van der Waals surface area (Å²) in [6.07, 6.45) is 1.65. The standard InChI is InChI=1S/C22H22N2O5S2/c1-4-28-17-7-5-6-14(20(17)29-13-19(25)26)12-18-21(27)24(22(30)31-18)16-10-8-15(9-11-16)23(2)3/h5-12H,4,13H2,1-3H3,(H,25,26)/b18-12-. The van der Waals surface area contributed by atoms with Gasteiger partial charge in [-0.15, -0.1) is 0 Å². The maximum atomic E-state index is 13.1. The predicted molar refractivity (Wildman–Crippen MR) is 127 cm³/mol. The molecule has 31 heavy (non-hydrogen) atoms. The van der Waals surface area contributed by atoms with Crippen molar-refractivity contribution in [2.75, 3.05) is 37.1 Å². The number of carbonyl (C=O) groups is 2. The molecule has 0 spiro atoms. The van der Waals surface area contributed by atoms with Crippen molar-refractivity contribution in [1.29, 1.82) is 0 Å². The van der Waals surface area contributed by atoms with Gasteiger partial charge in [-0.05, 0) is 43.3 Å². The van der Waals surface area contributed by atoms with Crippen LogP contribution in [0.1, 0.15) is 12.5 Å². The number of aliphatic carboxylic acids is 1. The van der Waals surface area contributed by atoms with Gasteiger partial charge in [0.1, 0.15) is 0 Å². The number of thiocarbonyl (C=S) groups is 1. The second-order valence-electron chi connectivity index (χ2n) is 6.72. The molecule has 162 valence electrons. The first-order valence-corrected chi connectivity index (χ1v) is 10.7. The van der Waals surface area contributed by atoms with Gasteiger partial charge in [-0.1, -0.05) is 36.1 Å². The molecule has 0 aliphatic carbocycles. The molecule has 0 radical (unpaired) electrons. The van der Waals surface area contributed by atoms with Crippen molar-refractivity contribution in [3.05, 3.63) is 52.9 Å². The molecule has 1 aliphatic heterocycles. The second kappa shape index (κ2) is 9.84. The molecule has 0 saturated carbocycles. The second-order valence-corrected chi connectivity index (χ2v) is 8.39. The van der Waals surface area contributed by atoms with E-state index in [1.807, 2.05) is 50.2 Å². The average Bonchev–Trinajstić information content (AvgIpc) is 3.00. The van der Waals surface area contributed by atoms with E-state index in [2.05, 4.69) is 0 Å². The summed E-state index contributed by atoms with van der Waals surface area (Å²) in [6.45, 7) is 1.68. The lowest BCUT2D eigenvalue weighted by atomic mass is 10.1. The normalized spacial score (nSPS) is 14.8. The van der Waals surface area contributed by atoms with Gasteiger partial charge in [0, 0.05) is 25.3 Å². The molecule has 0 aromatic heterocycles. The van der Waals surface area contributed by atoms with Crippen LogP contribution in [0.4, 0.5) is 11.4 Å². The number of carboxylic acids is 1. The molecule has 0 unspecified atom stereocenters. The van der Waals surface area contributed by atoms with Crippen LogP contribution in [0.5, 0.6) is 11.5 Å². The van der Waals surface area contributed by atoms with Gasteiger partial charge in [0.05, 0.1) is 17.2 Å². The number of ether oxygens (including phenoxy) is 2. The van der Waals surface area contributed by atoms with Gasteiger partial charge in [0.25, 0.3) is 5.91 Å². The molecular formula is C22H22N2O5S2. The molecule has 9 heteroatoms. The lowest BCUT2D eigenvalue weighted by molar-refractivity contribution is -0.139. The quantitative estimate of drug-likeness (QED) is 0.469. The molecule has 0 atom stereocenters. The highest BCUT2D eigenvalue weighted by Gasteiger charge is 2.33. The van der Waals surface area contributed by atoms with Gasteiger partial charge < -0.3 is 19.5 Å². The minimum absolute atomic E-state index is 0.251. The average molecular weight is 459 g/mol. The van der Waals surface area contributed by atoms with E-state index in [1.165, 1.54) is 16.7 Å². The molecule has 2 aromatic rings. The van der Waals surface area contributed by atoms with E-state index < -0.39 is 12.6 Å². The number of rotatable bonds is 8. The summed E-state index contributed by atoms with van der Waals surface area (Å²) in [5.41, 5.74) is 2.23. The summed E-state index contributed by atoms with van der Waals surface area (Å²) < 4.78 is 11.4. The van der Waals surface area contributed by atoms with Crippen LogP contribution in [-0.4, -0.2) is 48.6 Å². The van der Waals surface area contributed by atoms with E-state index in [1.54, 1.807) is 24.3 Å². The van der Waals surface area contributed by atoms with Gasteiger partial charge in [0.2, 0.25) is 0 Å². The van der Waals surface area contributed by atoms with Crippen LogP contribution in [0.15, 0.2) is 47.4 Å². The maximum Gasteiger partial charge on any atom is 0.341 e. The maximum absolute atomic E-state index is 13.1. The number of hydrogen-bond donors (Lipinski definition) is 1. The Hall–Kier alpha value is -3.04. The lowest BCUT2D eigenvalue weighted by Gasteiger charge is -2.17. The lowest BCUT2D eigenvalue weighted by Crippen LogP contribution is -2.27. The first-order valence-electron chi connectivity index (χ1n) is 9.47. The Balaban J connectivity index is 1.93. The summed E-state index contributed by atoms with van der Waals surface area (Å²) in [6, 6.07) is 12.7. The van der Waals surface area contributed by atoms with Crippen molar-refractivity contribution in [3.63, 3.8) is 0 Å². The third-order valence-corrected chi connectivity index (χ3v) is 5.66. The fourth-order valence-corrected chi connectivity index (χ4v) is 4.23. The Kier molecular flexibility index (Phi) is 7.19. The molecule has 1 amide bonds. The molecule has 0 bridgehead atoms. The van der Waals surface area contributed by atoms with Crippen LogP contribution in [-0.2, 0) is 9.59 Å². The summed E-state index contributed by atoms with van der Waals surface area (Å²) in [7, 11) is 3.88. The molecule has 7 nitrogen and oxygen atoms in total. The van der Waals surface area contributed by atoms with Crippen molar-refractivity contribution in [2.24, 2.45) is 0 Å². The Morgan fingerprint density at radius 2 is 1.90 bits per heavy atom. The van der Waals surface area contributed by atoms with E-state index in [0.717, 1.165) is 5.69 Å². The number of anilines is 2. The fraction of sp³-hybridized carbons (Fsp3) is 0.227. The van der Waals surface area contributed by atoms with Crippen molar-refractivity contribution in [3.8, 4) is 11.5 Å². The topological polar surface area (TPSA) is 79.3 Å². The Morgan fingerprint density at radius 3 is 2.52 bits per heavy atom. The number of benzene rings is 2. The number of carbonyl (C=O) groups excluding carboxylic acids is 1. The van der Waals surface area contributed by atoms with Gasteiger partial charge in [-0.3, -0.25) is 9.69 Å². The van der Waals surface area contributed by atoms with E-state index in [9.17, 15) is 9.59 Å². The largest absolute Gasteiger partial charge is 0.490 e. The zero-order chi connectivity index (χ0) is 22.5. The molecule has 1 aliphatic rings. The zero-order valence-corrected chi connectivity index (χ0v) is 19.0. The molecule has 3 rings (SSSR count). The Bertz CT molecular complexity index is 1030. The number of para-hydroxylation sites is 1. The van der Waals surface area contributed by atoms with Gasteiger partial charge in [-0.2, -0.15) is 0 Å². The zero-order valence-electron chi connectivity index (χ0n) is 17.3. The molecule has 2 aromatic carbocycles. The summed E-state index contributed by atoms with van der Waals surface area (Å²) in [5.74, 6) is -0.678. The highest BCUT2D eigenvalue weighted by molar-refractivity contribution is 8.27. The van der Waals surface area contributed by atoms with Gasteiger partial charge in [-0.25, -0.2) is 4.79 Å². The smallest absolute Gasteiger partial charge is 0.341 e. The van der Waals surface area contributed by atoms with E-state index in [-0.39, 0.29) is 11.7 Å². The molecule has 1 heterocycles. The Labute approximate surface area is 190 Å². The van der Waals surface area contributed by atoms with Crippen molar-refractivity contribution in [2.45, 2.75) is 6.92 Å². The van der Waals surface area contributed by atoms with Crippen LogP contribution in [0.25, 0.3) is 6.08 Å². The highest BCUT2D eigenvalue weighted by Crippen LogP contribution is 2.39. The number of amides is 1. The SMILES string of the molecule is CCOc1cccc(/C=C2\SC(=S)N(c3ccc(N(C)C)cc3)C2=O)c1OCC(=O)O. The third-order valence-electron chi connectivity index (χ3n) is 4.35. The number of nitrogens with zero attached hydrogens (tertiary/aromatic N) is 2. The van der Waals surface area contributed by atoms with Crippen LogP contribution in [0.3, 0.4) is 0 Å². The molecular weight excluding hydrogens is 436 g/mol. The van der Waals surface area contributed by atoms with Crippen LogP contribution in [0, 0.1) is 0 Å². The van der Waals surface area contributed by atoms with E-state index in [0.29, 0.717) is 32.8 Å². The minimum Gasteiger partial charge on any atom is -0.490 e. The molecule has 1 saturated heterocycles. The van der Waals surface area contributed by atoms with E-state index >= 15 is 0 Å². The first-order chi connectivity index (χ1) is 14.8. The summed E-state index contributed by atoms with van der Waals surface area (Å²) in [5, 5.41) is 9.00. The van der Waals surface area contributed by atoms with Crippen molar-refractivity contribution >= 4 is 57.6 Å². The first kappa shape index (κ1) is 22.6. The molecule has 1 fully saturated rings. The third kappa shape index (κ3) is 5.18. The number of hydrogen-bond acceptors (Lipinski definition) is 7. The highest BCUT2D eigenvalue weighted by atomic mass is 32.2. The minimum atomic E-state index is -1.11. The summed E-state index contributed by atoms with van der Waals surface area (Å²) in [4.78, 5) is 28.0. The number of thioether (sulfide) groups is 1. The van der Waals surface area contributed by atoms with E-state index in [4.69, 9.17) is 26.8 Å². The molecule has 1 N–H and O–H groups in total. The van der Waals surface area contributed by atoms with Crippen LogP contribution in [0.2, 0.25) is 0 Å².